The number of carbonyl (C=O) groups is 2. The van der Waals surface area contributed by atoms with E-state index >= 15 is 0 Å². The quantitative estimate of drug-likeness (QED) is 0.669. The Bertz CT molecular complexity index is 809. The number of nitrogens with one attached hydrogen (secondary N) is 2. The predicted molar refractivity (Wildman–Crippen MR) is 80.0 cm³/mol. The van der Waals surface area contributed by atoms with Crippen LogP contribution in [-0.2, 0) is 0 Å². The summed E-state index contributed by atoms with van der Waals surface area (Å²) < 4.78 is 5.39. The summed E-state index contributed by atoms with van der Waals surface area (Å²) in [7, 11) is 0. The largest absolute Gasteiger partial charge is 0.477 e. The summed E-state index contributed by atoms with van der Waals surface area (Å²) in [5.41, 5.74) is 0.377. The summed E-state index contributed by atoms with van der Waals surface area (Å²) >= 11 is 0. The second-order valence-corrected chi connectivity index (χ2v) is 4.76. The lowest BCUT2D eigenvalue weighted by atomic mass is 10.0. The van der Waals surface area contributed by atoms with Crippen LogP contribution in [0.5, 0.6) is 0 Å². The third-order valence-corrected chi connectivity index (χ3v) is 3.30. The van der Waals surface area contributed by atoms with Crippen LogP contribution >= 0.6 is 0 Å². The van der Waals surface area contributed by atoms with Crippen molar-refractivity contribution in [3.63, 3.8) is 0 Å². The Kier molecular flexibility index (Phi) is 3.92. The van der Waals surface area contributed by atoms with Crippen LogP contribution in [0.25, 0.3) is 0 Å². The van der Waals surface area contributed by atoms with Gasteiger partial charge in [-0.15, -0.1) is 0 Å². The van der Waals surface area contributed by atoms with Crippen molar-refractivity contribution in [1.82, 2.24) is 15.3 Å². The zero-order valence-electron chi connectivity index (χ0n) is 11.9. The molecule has 0 aliphatic heterocycles. The number of benzene rings is 1. The average molecular weight is 311 g/mol. The number of carboxylic acids is 1. The van der Waals surface area contributed by atoms with Gasteiger partial charge in [0.25, 0.3) is 5.91 Å². The van der Waals surface area contributed by atoms with Gasteiger partial charge in [0.2, 0.25) is 0 Å². The lowest BCUT2D eigenvalue weighted by Gasteiger charge is -2.16. The smallest absolute Gasteiger partial charge is 0.354 e. The Hall–Kier alpha value is -3.35. The molecule has 0 radical (unpaired) electrons. The number of aromatic nitrogens is 2. The van der Waals surface area contributed by atoms with Crippen LogP contribution in [0.2, 0.25) is 0 Å². The van der Waals surface area contributed by atoms with Crippen LogP contribution in [0.1, 0.15) is 38.3 Å². The van der Waals surface area contributed by atoms with Crippen LogP contribution in [0.15, 0.2) is 59.5 Å². The van der Waals surface area contributed by atoms with Crippen molar-refractivity contribution in [2.75, 3.05) is 0 Å². The molecule has 0 aliphatic carbocycles. The number of aromatic carboxylic acids is 1. The molecule has 1 aromatic carbocycles. The number of amides is 1. The van der Waals surface area contributed by atoms with E-state index in [9.17, 15) is 9.59 Å². The summed E-state index contributed by atoms with van der Waals surface area (Å²) in [6.45, 7) is 0. The van der Waals surface area contributed by atoms with Crippen molar-refractivity contribution in [3.8, 4) is 0 Å². The number of nitrogens with zero attached hydrogens (tertiary/aromatic N) is 1. The summed E-state index contributed by atoms with van der Waals surface area (Å²) in [6, 6.07) is 12.1. The number of aromatic amines is 1. The molecule has 2 heterocycles. The summed E-state index contributed by atoms with van der Waals surface area (Å²) in [5, 5.41) is 11.8. The van der Waals surface area contributed by atoms with Crippen molar-refractivity contribution in [2.24, 2.45) is 0 Å². The minimum absolute atomic E-state index is 0.176. The maximum absolute atomic E-state index is 12.4. The second-order valence-electron chi connectivity index (χ2n) is 4.76. The van der Waals surface area contributed by atoms with Gasteiger partial charge < -0.3 is 19.8 Å². The number of imidazole rings is 1. The van der Waals surface area contributed by atoms with Gasteiger partial charge in [-0.1, -0.05) is 30.3 Å². The molecule has 7 nitrogen and oxygen atoms in total. The van der Waals surface area contributed by atoms with Crippen LogP contribution in [0.4, 0.5) is 0 Å². The molecule has 3 N–H and O–H groups in total. The van der Waals surface area contributed by atoms with Crippen LogP contribution in [0.3, 0.4) is 0 Å². The molecule has 1 atom stereocenters. The Morgan fingerprint density at radius 3 is 2.61 bits per heavy atom. The molecule has 2 aromatic heterocycles. The molecule has 23 heavy (non-hydrogen) atoms. The highest BCUT2D eigenvalue weighted by Gasteiger charge is 2.25. The SMILES string of the molecule is O=C(NC(c1ccccc1)c1ccco1)c1nc[nH]c1C(=O)O. The minimum Gasteiger partial charge on any atom is -0.477 e. The standard InChI is InChI=1S/C16H13N3O4/c20-15(13-14(16(21)22)18-9-17-13)19-12(11-7-4-8-23-11)10-5-2-1-3-6-10/h1-9,12H,(H,17,18)(H,19,20)(H,21,22). The maximum atomic E-state index is 12.4. The molecular formula is C16H13N3O4. The molecule has 116 valence electrons. The fourth-order valence-corrected chi connectivity index (χ4v) is 2.25. The molecule has 0 spiro atoms. The van der Waals surface area contributed by atoms with Gasteiger partial charge in [-0.25, -0.2) is 9.78 Å². The van der Waals surface area contributed by atoms with Crippen LogP contribution in [0, 0.1) is 0 Å². The first-order valence-corrected chi connectivity index (χ1v) is 6.82. The molecule has 0 fully saturated rings. The number of furan rings is 1. The van der Waals surface area contributed by atoms with Gasteiger partial charge in [0.1, 0.15) is 11.8 Å². The molecule has 3 rings (SSSR count). The summed E-state index contributed by atoms with van der Waals surface area (Å²) in [5.74, 6) is -1.31. The van der Waals surface area contributed by atoms with E-state index in [4.69, 9.17) is 9.52 Å². The molecule has 7 heteroatoms. The van der Waals surface area contributed by atoms with Crippen LogP contribution in [-0.4, -0.2) is 27.0 Å². The number of carboxylic acid groups (broad SMARTS) is 1. The fraction of sp³-hybridized carbons (Fsp3) is 0.0625. The molecule has 3 aromatic rings. The molecule has 0 saturated heterocycles. The number of hydrogen-bond donors (Lipinski definition) is 3. The van der Waals surface area contributed by atoms with Crippen molar-refractivity contribution in [3.05, 3.63) is 77.8 Å². The second kappa shape index (κ2) is 6.18. The lowest BCUT2D eigenvalue weighted by Crippen LogP contribution is -2.30. The van der Waals surface area contributed by atoms with Gasteiger partial charge in [0, 0.05) is 0 Å². The molecule has 0 aliphatic rings. The zero-order chi connectivity index (χ0) is 16.2. The van der Waals surface area contributed by atoms with E-state index in [0.717, 1.165) is 5.56 Å². The first kappa shape index (κ1) is 14.6. The first-order valence-electron chi connectivity index (χ1n) is 6.82. The molecular weight excluding hydrogens is 298 g/mol. The van der Waals surface area contributed by atoms with Crippen molar-refractivity contribution in [1.29, 1.82) is 0 Å². The maximum Gasteiger partial charge on any atom is 0.354 e. The Morgan fingerprint density at radius 2 is 1.96 bits per heavy atom. The topological polar surface area (TPSA) is 108 Å². The van der Waals surface area contributed by atoms with E-state index in [1.807, 2.05) is 30.3 Å². The highest BCUT2D eigenvalue weighted by molar-refractivity contribution is 6.02. The molecule has 0 bridgehead atoms. The third kappa shape index (κ3) is 2.98. The van der Waals surface area contributed by atoms with E-state index < -0.39 is 17.9 Å². The van der Waals surface area contributed by atoms with Gasteiger partial charge in [-0.2, -0.15) is 0 Å². The fourth-order valence-electron chi connectivity index (χ4n) is 2.25. The molecule has 0 saturated carbocycles. The summed E-state index contributed by atoms with van der Waals surface area (Å²) in [6.07, 6.45) is 2.68. The van der Waals surface area contributed by atoms with Crippen molar-refractivity contribution < 1.29 is 19.1 Å². The molecule has 1 amide bonds. The van der Waals surface area contributed by atoms with E-state index in [-0.39, 0.29) is 11.4 Å². The van der Waals surface area contributed by atoms with E-state index in [0.29, 0.717) is 5.76 Å². The number of H-pyrrole nitrogens is 1. The number of carbonyl (C=O) groups excluding carboxylic acids is 1. The Balaban J connectivity index is 1.92. The lowest BCUT2D eigenvalue weighted by molar-refractivity contribution is 0.0684. The Morgan fingerprint density at radius 1 is 1.17 bits per heavy atom. The van der Waals surface area contributed by atoms with E-state index in [2.05, 4.69) is 15.3 Å². The monoisotopic (exact) mass is 311 g/mol. The summed E-state index contributed by atoms with van der Waals surface area (Å²) in [4.78, 5) is 29.7. The van der Waals surface area contributed by atoms with E-state index in [1.54, 1.807) is 12.1 Å². The predicted octanol–water partition coefficient (Wildman–Crippen LogP) is 2.22. The number of hydrogen-bond acceptors (Lipinski definition) is 4. The third-order valence-electron chi connectivity index (χ3n) is 3.30. The highest BCUT2D eigenvalue weighted by atomic mass is 16.4. The minimum atomic E-state index is -1.25. The Labute approximate surface area is 131 Å². The number of rotatable bonds is 5. The highest BCUT2D eigenvalue weighted by Crippen LogP contribution is 2.23. The van der Waals surface area contributed by atoms with Crippen LogP contribution < -0.4 is 5.32 Å². The van der Waals surface area contributed by atoms with Crippen molar-refractivity contribution >= 4 is 11.9 Å². The molecule has 1 unspecified atom stereocenters. The van der Waals surface area contributed by atoms with Gasteiger partial charge in [-0.05, 0) is 17.7 Å². The average Bonchev–Trinajstić information content (AvgIpc) is 3.24. The van der Waals surface area contributed by atoms with Gasteiger partial charge >= 0.3 is 5.97 Å². The van der Waals surface area contributed by atoms with Gasteiger partial charge in [0.05, 0.1) is 12.6 Å². The van der Waals surface area contributed by atoms with Crippen molar-refractivity contribution in [2.45, 2.75) is 6.04 Å². The zero-order valence-corrected chi connectivity index (χ0v) is 11.9. The van der Waals surface area contributed by atoms with Gasteiger partial charge in [0.15, 0.2) is 11.4 Å². The normalized spacial score (nSPS) is 11.8. The first-order chi connectivity index (χ1) is 11.2. The van der Waals surface area contributed by atoms with E-state index in [1.165, 1.54) is 12.6 Å². The van der Waals surface area contributed by atoms with Gasteiger partial charge in [-0.3, -0.25) is 4.79 Å².